The Hall–Kier alpha value is -0.783. The van der Waals surface area contributed by atoms with Crippen molar-refractivity contribution >= 4 is 18.2 Å². The minimum atomic E-state index is -5.46. The molecule has 0 rings (SSSR count). The van der Waals surface area contributed by atoms with Crippen molar-refractivity contribution in [3.8, 4) is 11.5 Å². The largest absolute Gasteiger partial charge is 0.523 e. The molecule has 28 heavy (non-hydrogen) atoms. The lowest BCUT2D eigenvalue weighted by molar-refractivity contribution is -0.0542. The third-order valence-corrected chi connectivity index (χ3v) is 12.5. The van der Waals surface area contributed by atoms with E-state index in [0.717, 1.165) is 19.3 Å². The van der Waals surface area contributed by atoms with Crippen molar-refractivity contribution in [3.05, 3.63) is 12.2 Å². The Morgan fingerprint density at radius 1 is 0.929 bits per heavy atom. The van der Waals surface area contributed by atoms with Crippen LogP contribution in [0.5, 0.6) is 0 Å². The van der Waals surface area contributed by atoms with Crippen LogP contribution in [-0.4, -0.2) is 28.6 Å². The van der Waals surface area contributed by atoms with Gasteiger partial charge in [-0.15, -0.1) is 5.54 Å². The first kappa shape index (κ1) is 27.2. The fraction of sp³-hybridized carbons (Fsp3) is 0.800. The molecule has 0 bridgehead atoms. The molecule has 0 unspecified atom stereocenters. The molecule has 0 saturated heterocycles. The van der Waals surface area contributed by atoms with Gasteiger partial charge in [-0.3, -0.25) is 4.18 Å². The molecule has 3 nitrogen and oxygen atoms in total. The number of halogens is 3. The van der Waals surface area contributed by atoms with Gasteiger partial charge in [-0.05, 0) is 42.0 Å². The maximum atomic E-state index is 12.1. The van der Waals surface area contributed by atoms with Crippen LogP contribution in [0, 0.1) is 11.5 Å². The smallest absolute Gasteiger partial charge is 0.263 e. The number of allylic oxidation sites excluding steroid dienone is 2. The summed E-state index contributed by atoms with van der Waals surface area (Å²) in [5, 5.41) is 0. The topological polar surface area (TPSA) is 43.4 Å². The molecule has 0 spiro atoms. The van der Waals surface area contributed by atoms with Gasteiger partial charge in [-0.1, -0.05) is 66.4 Å². The van der Waals surface area contributed by atoms with Crippen molar-refractivity contribution in [2.75, 3.05) is 6.61 Å². The molecule has 0 aliphatic carbocycles. The van der Waals surface area contributed by atoms with Gasteiger partial charge in [0, 0.05) is 0 Å². The Morgan fingerprint density at radius 2 is 1.43 bits per heavy atom. The van der Waals surface area contributed by atoms with Gasteiger partial charge < -0.3 is 0 Å². The zero-order valence-corrected chi connectivity index (χ0v) is 19.7. The van der Waals surface area contributed by atoms with Crippen molar-refractivity contribution in [2.45, 2.75) is 95.8 Å². The monoisotopic (exact) mass is 440 g/mol. The number of alkyl halides is 3. The first-order valence-electron chi connectivity index (χ1n) is 9.92. The number of hydrogen-bond donors (Lipinski definition) is 0. The van der Waals surface area contributed by atoms with Gasteiger partial charge in [0.2, 0.25) is 0 Å². The van der Waals surface area contributed by atoms with Gasteiger partial charge in [0.25, 0.3) is 0 Å². The standard InChI is InChI=1S/C20H35F3O3SSi/c1-17(2)28(18(3)4,19(5)6)16-14-12-10-8-7-9-11-13-15-26-27(24,25)20(21,22)23/h10,12,17-19H,7-9,11,13,15H2,1-6H3/b12-10-. The quantitative estimate of drug-likeness (QED) is 0.120. The summed E-state index contributed by atoms with van der Waals surface area (Å²) in [7, 11) is -7.16. The van der Waals surface area contributed by atoms with Crippen LogP contribution in [0.4, 0.5) is 13.2 Å². The highest BCUT2D eigenvalue weighted by molar-refractivity contribution is 7.87. The van der Waals surface area contributed by atoms with Gasteiger partial charge >= 0.3 is 15.6 Å². The van der Waals surface area contributed by atoms with Crippen LogP contribution >= 0.6 is 0 Å². The Labute approximate surface area is 170 Å². The minimum Gasteiger partial charge on any atom is -0.263 e. The van der Waals surface area contributed by atoms with Crippen molar-refractivity contribution in [2.24, 2.45) is 0 Å². The van der Waals surface area contributed by atoms with Crippen LogP contribution in [0.3, 0.4) is 0 Å². The molecular weight excluding hydrogens is 405 g/mol. The highest BCUT2D eigenvalue weighted by atomic mass is 32.2. The lowest BCUT2D eigenvalue weighted by Gasteiger charge is -2.37. The minimum absolute atomic E-state index is 0.282. The van der Waals surface area contributed by atoms with Crippen molar-refractivity contribution < 1.29 is 25.8 Å². The Morgan fingerprint density at radius 3 is 1.89 bits per heavy atom. The summed E-state index contributed by atoms with van der Waals surface area (Å²) >= 11 is 0. The van der Waals surface area contributed by atoms with Crippen molar-refractivity contribution in [1.82, 2.24) is 0 Å². The second-order valence-electron chi connectivity index (χ2n) is 7.99. The molecule has 0 radical (unpaired) electrons. The molecule has 0 aromatic heterocycles. The average molecular weight is 441 g/mol. The fourth-order valence-corrected chi connectivity index (χ4v) is 9.37. The van der Waals surface area contributed by atoms with Gasteiger partial charge in [0.1, 0.15) is 8.07 Å². The first-order valence-corrected chi connectivity index (χ1v) is 13.6. The summed E-state index contributed by atoms with van der Waals surface area (Å²) in [6, 6.07) is 0. The molecular formula is C20H35F3O3SSi. The number of unbranched alkanes of at least 4 members (excludes halogenated alkanes) is 4. The van der Waals surface area contributed by atoms with Gasteiger partial charge in [0.05, 0.1) is 6.61 Å². The summed E-state index contributed by atoms with van der Waals surface area (Å²) in [6.07, 6.45) is 7.36. The van der Waals surface area contributed by atoms with E-state index in [-0.39, 0.29) is 6.42 Å². The van der Waals surface area contributed by atoms with E-state index in [1.165, 1.54) is 0 Å². The third-order valence-electron chi connectivity index (χ3n) is 5.14. The highest BCUT2D eigenvalue weighted by Gasteiger charge is 2.47. The van der Waals surface area contributed by atoms with Crippen molar-refractivity contribution in [1.29, 1.82) is 0 Å². The lowest BCUT2D eigenvalue weighted by atomic mass is 10.1. The van der Waals surface area contributed by atoms with Crippen LogP contribution in [0.2, 0.25) is 16.6 Å². The molecule has 0 atom stereocenters. The van der Waals surface area contributed by atoms with Crippen LogP contribution in [0.25, 0.3) is 0 Å². The normalized spacial score (nSPS) is 13.6. The molecule has 0 aromatic carbocycles. The highest BCUT2D eigenvalue weighted by Crippen LogP contribution is 2.40. The molecule has 0 aliphatic heterocycles. The first-order chi connectivity index (χ1) is 12.8. The maximum absolute atomic E-state index is 12.1. The summed E-state index contributed by atoms with van der Waals surface area (Å²) < 4.78 is 61.7. The summed E-state index contributed by atoms with van der Waals surface area (Å²) in [6.45, 7) is 13.2. The van der Waals surface area contributed by atoms with E-state index in [2.05, 4.69) is 57.2 Å². The van der Waals surface area contributed by atoms with Crippen LogP contribution in [-0.2, 0) is 14.3 Å². The fourth-order valence-electron chi connectivity index (χ4n) is 3.70. The van der Waals surface area contributed by atoms with E-state index in [1.807, 2.05) is 12.2 Å². The Bertz CT molecular complexity index is 620. The lowest BCUT2D eigenvalue weighted by Crippen LogP contribution is -2.43. The van der Waals surface area contributed by atoms with Gasteiger partial charge in [-0.2, -0.15) is 21.6 Å². The molecule has 0 fully saturated rings. The Kier molecular flexibility index (Phi) is 11.7. The SMILES string of the molecule is CC(C)[Si](C#C/C=C\CCCCCCOS(=O)(=O)C(F)(F)F)(C(C)C)C(C)C. The molecule has 0 saturated carbocycles. The van der Waals surface area contributed by atoms with Crippen LogP contribution in [0.1, 0.15) is 73.6 Å². The molecule has 0 amide bonds. The molecule has 0 aliphatic rings. The average Bonchev–Trinajstić information content (AvgIpc) is 2.53. The van der Waals surface area contributed by atoms with Crippen molar-refractivity contribution in [3.63, 3.8) is 0 Å². The zero-order valence-electron chi connectivity index (χ0n) is 17.9. The predicted octanol–water partition coefficient (Wildman–Crippen LogP) is 6.58. The van der Waals surface area contributed by atoms with Gasteiger partial charge in [-0.25, -0.2) is 0 Å². The molecule has 0 heterocycles. The molecule has 0 aromatic rings. The van der Waals surface area contributed by atoms with Crippen LogP contribution in [0.15, 0.2) is 12.2 Å². The van der Waals surface area contributed by atoms with E-state index in [0.29, 0.717) is 23.0 Å². The van der Waals surface area contributed by atoms with E-state index in [4.69, 9.17) is 0 Å². The van der Waals surface area contributed by atoms with E-state index in [1.54, 1.807) is 0 Å². The molecule has 0 N–H and O–H groups in total. The summed E-state index contributed by atoms with van der Waals surface area (Å²) in [5.41, 5.74) is 0.0489. The number of hydrogen-bond acceptors (Lipinski definition) is 3. The van der Waals surface area contributed by atoms with E-state index in [9.17, 15) is 21.6 Å². The van der Waals surface area contributed by atoms with Gasteiger partial charge in [0.15, 0.2) is 0 Å². The number of rotatable bonds is 11. The van der Waals surface area contributed by atoms with E-state index < -0.39 is 30.3 Å². The molecule has 8 heteroatoms. The second kappa shape index (κ2) is 12.0. The second-order valence-corrected chi connectivity index (χ2v) is 15.2. The molecule has 164 valence electrons. The Balaban J connectivity index is 4.25. The maximum Gasteiger partial charge on any atom is 0.523 e. The van der Waals surface area contributed by atoms with E-state index >= 15 is 0 Å². The zero-order chi connectivity index (χ0) is 22.0. The predicted molar refractivity (Wildman–Crippen MR) is 112 cm³/mol. The summed E-state index contributed by atoms with van der Waals surface area (Å²) in [4.78, 5) is 0. The third kappa shape index (κ3) is 8.30. The van der Waals surface area contributed by atoms with Crippen LogP contribution < -0.4 is 0 Å². The summed E-state index contributed by atoms with van der Waals surface area (Å²) in [5.74, 6) is 3.25.